The van der Waals surface area contributed by atoms with E-state index in [0.29, 0.717) is 21.7 Å². The number of carbonyl (C=O) groups excluding carboxylic acids is 1. The molecule has 1 aliphatic heterocycles. The largest absolute Gasteiger partial charge is 0.378 e. The van der Waals surface area contributed by atoms with Crippen LogP contribution in [0.3, 0.4) is 0 Å². The topological polar surface area (TPSA) is 69.9 Å². The maximum atomic E-state index is 13.8. The highest BCUT2D eigenvalue weighted by molar-refractivity contribution is 7.71. The molecule has 1 amide bonds. The Kier molecular flexibility index (Phi) is 3.69. The molecule has 0 bridgehead atoms. The summed E-state index contributed by atoms with van der Waals surface area (Å²) in [5.74, 6) is -0.364. The van der Waals surface area contributed by atoms with Crippen molar-refractivity contribution in [2.24, 2.45) is 5.92 Å². The minimum atomic E-state index is -0.460. The lowest BCUT2D eigenvalue weighted by Crippen LogP contribution is -2.45. The van der Waals surface area contributed by atoms with Gasteiger partial charge >= 0.3 is 0 Å². The number of hydrogen-bond acceptors (Lipinski definition) is 3. The number of hydrogen-bond donors (Lipinski definition) is 3. The number of imidazole rings is 1. The Hall–Kier alpha value is -1.73. The number of halogens is 1. The molecule has 2 heterocycles. The zero-order chi connectivity index (χ0) is 16.0. The Bertz CT molecular complexity index is 815. The molecule has 1 aromatic heterocycles. The number of nitrogens with one attached hydrogen (secondary N) is 3. The Morgan fingerprint density at radius 2 is 2.17 bits per heavy atom. The fraction of sp³-hybridized carbons (Fsp3) is 0.500. The van der Waals surface area contributed by atoms with Crippen LogP contribution in [0.25, 0.3) is 11.0 Å². The van der Waals surface area contributed by atoms with Gasteiger partial charge < -0.3 is 20.0 Å². The number of H-pyrrole nitrogens is 2. The second kappa shape index (κ2) is 5.72. The number of amides is 1. The van der Waals surface area contributed by atoms with E-state index in [0.717, 1.165) is 32.3 Å². The fourth-order valence-corrected chi connectivity index (χ4v) is 4.10. The van der Waals surface area contributed by atoms with E-state index in [4.69, 9.17) is 17.0 Å². The second-order valence-electron chi connectivity index (χ2n) is 6.33. The first-order chi connectivity index (χ1) is 11.1. The van der Waals surface area contributed by atoms with Gasteiger partial charge in [0.15, 0.2) is 4.77 Å². The smallest absolute Gasteiger partial charge is 0.253 e. The lowest BCUT2D eigenvalue weighted by molar-refractivity contribution is 0.0510. The number of fused-ring (bicyclic) bond motifs is 2. The van der Waals surface area contributed by atoms with Crippen LogP contribution < -0.4 is 5.32 Å². The molecule has 1 aromatic carbocycles. The third-order valence-corrected chi connectivity index (χ3v) is 5.14. The number of carbonyl (C=O) groups is 1. The van der Waals surface area contributed by atoms with Crippen LogP contribution in [-0.4, -0.2) is 34.6 Å². The van der Waals surface area contributed by atoms with Crippen LogP contribution >= 0.6 is 12.2 Å². The van der Waals surface area contributed by atoms with Gasteiger partial charge in [-0.25, -0.2) is 4.39 Å². The minimum Gasteiger partial charge on any atom is -0.378 e. The standard InChI is InChI=1S/C16H18FN3O2S/c17-8-6-10(14-12(7-8)19-16(23)20-14)15(21)18-11-2-1-3-13-9(11)4-5-22-13/h6-7,9,11,13H,1-5H2,(H,18,21)(H2,19,20,23)/t9-,11-,13+/m1/s1. The molecule has 23 heavy (non-hydrogen) atoms. The van der Waals surface area contributed by atoms with Crippen molar-refractivity contribution in [1.82, 2.24) is 15.3 Å². The summed E-state index contributed by atoms with van der Waals surface area (Å²) in [5.41, 5.74) is 1.34. The van der Waals surface area contributed by atoms with E-state index >= 15 is 0 Å². The summed E-state index contributed by atoms with van der Waals surface area (Å²) in [5, 5.41) is 3.08. The second-order valence-corrected chi connectivity index (χ2v) is 6.74. The molecule has 3 atom stereocenters. The number of benzene rings is 1. The highest BCUT2D eigenvalue weighted by atomic mass is 32.1. The first-order valence-corrected chi connectivity index (χ1v) is 8.36. The normalized spacial score (nSPS) is 27.1. The Morgan fingerprint density at radius 3 is 3.04 bits per heavy atom. The van der Waals surface area contributed by atoms with Gasteiger partial charge in [-0.15, -0.1) is 0 Å². The zero-order valence-electron chi connectivity index (χ0n) is 12.5. The first kappa shape index (κ1) is 14.8. The predicted octanol–water partition coefficient (Wildman–Crippen LogP) is 3.05. The van der Waals surface area contributed by atoms with Crippen molar-refractivity contribution in [2.75, 3.05) is 6.61 Å². The van der Waals surface area contributed by atoms with Crippen LogP contribution in [0.5, 0.6) is 0 Å². The summed E-state index contributed by atoms with van der Waals surface area (Å²) >= 11 is 5.04. The van der Waals surface area contributed by atoms with Gasteiger partial charge in [-0.05, 0) is 50.0 Å². The van der Waals surface area contributed by atoms with Crippen LogP contribution in [0.15, 0.2) is 12.1 Å². The number of rotatable bonds is 2. The number of ether oxygens (including phenoxy) is 1. The van der Waals surface area contributed by atoms with E-state index in [1.165, 1.54) is 12.1 Å². The van der Waals surface area contributed by atoms with E-state index in [-0.39, 0.29) is 23.6 Å². The van der Waals surface area contributed by atoms with Gasteiger partial charge in [-0.3, -0.25) is 4.79 Å². The average molecular weight is 335 g/mol. The summed E-state index contributed by atoms with van der Waals surface area (Å²) in [7, 11) is 0. The third-order valence-electron chi connectivity index (χ3n) is 4.93. The Morgan fingerprint density at radius 1 is 1.30 bits per heavy atom. The fourth-order valence-electron chi connectivity index (χ4n) is 3.89. The molecular weight excluding hydrogens is 317 g/mol. The molecule has 2 fully saturated rings. The van der Waals surface area contributed by atoms with Crippen LogP contribution in [0.1, 0.15) is 36.0 Å². The summed E-state index contributed by atoms with van der Waals surface area (Å²) in [6, 6.07) is 2.67. The molecule has 4 rings (SSSR count). The van der Waals surface area contributed by atoms with E-state index in [2.05, 4.69) is 15.3 Å². The lowest BCUT2D eigenvalue weighted by atomic mass is 9.81. The molecule has 2 aliphatic rings. The maximum absolute atomic E-state index is 13.8. The van der Waals surface area contributed by atoms with Crippen molar-refractivity contribution in [3.8, 4) is 0 Å². The molecule has 1 aliphatic carbocycles. The van der Waals surface area contributed by atoms with Crippen LogP contribution in [-0.2, 0) is 4.74 Å². The van der Waals surface area contributed by atoms with Gasteiger partial charge in [0.25, 0.3) is 5.91 Å². The molecule has 1 saturated carbocycles. The average Bonchev–Trinajstić information content (AvgIpc) is 3.12. The molecule has 0 spiro atoms. The maximum Gasteiger partial charge on any atom is 0.253 e. The monoisotopic (exact) mass is 335 g/mol. The van der Waals surface area contributed by atoms with Gasteiger partial charge in [0.1, 0.15) is 5.82 Å². The van der Waals surface area contributed by atoms with E-state index < -0.39 is 5.82 Å². The van der Waals surface area contributed by atoms with E-state index in [1.807, 2.05) is 0 Å². The van der Waals surface area contributed by atoms with Crippen molar-refractivity contribution < 1.29 is 13.9 Å². The van der Waals surface area contributed by atoms with Gasteiger partial charge in [0.2, 0.25) is 0 Å². The molecule has 5 nitrogen and oxygen atoms in total. The van der Waals surface area contributed by atoms with Crippen molar-refractivity contribution >= 4 is 29.2 Å². The summed E-state index contributed by atoms with van der Waals surface area (Å²) in [6.45, 7) is 0.761. The predicted molar refractivity (Wildman–Crippen MR) is 86.4 cm³/mol. The van der Waals surface area contributed by atoms with Crippen molar-refractivity contribution in [2.45, 2.75) is 37.8 Å². The molecule has 0 unspecified atom stereocenters. The zero-order valence-corrected chi connectivity index (χ0v) is 13.3. The highest BCUT2D eigenvalue weighted by Crippen LogP contribution is 2.34. The van der Waals surface area contributed by atoms with Gasteiger partial charge in [-0.1, -0.05) is 0 Å². The summed E-state index contributed by atoms with van der Waals surface area (Å²) in [4.78, 5) is 18.5. The molecule has 0 radical (unpaired) electrons. The van der Waals surface area contributed by atoms with Crippen molar-refractivity contribution in [3.63, 3.8) is 0 Å². The lowest BCUT2D eigenvalue weighted by Gasteiger charge is -2.33. The SMILES string of the molecule is O=C(N[C@@H]1CCC[C@@H]2OCC[C@@H]21)c1cc(F)cc2[nH]c(=S)[nH]c12. The number of aromatic amines is 2. The highest BCUT2D eigenvalue weighted by Gasteiger charge is 2.38. The van der Waals surface area contributed by atoms with Gasteiger partial charge in [-0.2, -0.15) is 0 Å². The van der Waals surface area contributed by atoms with Crippen LogP contribution in [0, 0.1) is 16.5 Å². The van der Waals surface area contributed by atoms with Gasteiger partial charge in [0, 0.05) is 18.6 Å². The summed E-state index contributed by atoms with van der Waals surface area (Å²) in [6.07, 6.45) is 4.27. The third kappa shape index (κ3) is 2.68. The first-order valence-electron chi connectivity index (χ1n) is 7.96. The molecule has 3 N–H and O–H groups in total. The van der Waals surface area contributed by atoms with E-state index in [9.17, 15) is 9.18 Å². The van der Waals surface area contributed by atoms with Crippen molar-refractivity contribution in [3.05, 3.63) is 28.3 Å². The quantitative estimate of drug-likeness (QED) is 0.739. The molecule has 2 aromatic rings. The number of aromatic nitrogens is 2. The van der Waals surface area contributed by atoms with Gasteiger partial charge in [0.05, 0.1) is 22.7 Å². The molecule has 122 valence electrons. The van der Waals surface area contributed by atoms with Crippen molar-refractivity contribution in [1.29, 1.82) is 0 Å². The minimum absolute atomic E-state index is 0.0870. The Balaban J connectivity index is 1.63. The molecular formula is C16H18FN3O2S. The molecule has 1 saturated heterocycles. The molecule has 7 heteroatoms. The summed E-state index contributed by atoms with van der Waals surface area (Å²) < 4.78 is 19.9. The van der Waals surface area contributed by atoms with E-state index in [1.54, 1.807) is 0 Å². The Labute approximate surface area is 137 Å². The van der Waals surface area contributed by atoms with Crippen LogP contribution in [0.2, 0.25) is 0 Å². The van der Waals surface area contributed by atoms with Crippen LogP contribution in [0.4, 0.5) is 4.39 Å².